The van der Waals surface area contributed by atoms with Crippen molar-refractivity contribution in [2.45, 2.75) is 37.9 Å². The van der Waals surface area contributed by atoms with Crippen LogP contribution in [0.25, 0.3) is 0 Å². The van der Waals surface area contributed by atoms with E-state index in [1.807, 2.05) is 20.8 Å². The van der Waals surface area contributed by atoms with Crippen LogP contribution < -0.4 is 9.47 Å². The SMILES string of the molecule is COc1cc(S(=O)(=O)N2C[C@H](C)O[C@@H](C)C2)c(OC)cc1C. The van der Waals surface area contributed by atoms with E-state index in [0.29, 0.717) is 24.6 Å². The minimum atomic E-state index is -3.67. The van der Waals surface area contributed by atoms with Gasteiger partial charge in [0.2, 0.25) is 10.0 Å². The van der Waals surface area contributed by atoms with Crippen molar-refractivity contribution in [3.05, 3.63) is 17.7 Å². The number of benzene rings is 1. The van der Waals surface area contributed by atoms with Gasteiger partial charge in [0.05, 0.1) is 26.4 Å². The number of hydrogen-bond donors (Lipinski definition) is 0. The summed E-state index contributed by atoms with van der Waals surface area (Å²) in [7, 11) is -0.691. The molecule has 0 aliphatic carbocycles. The summed E-state index contributed by atoms with van der Waals surface area (Å²) in [5, 5.41) is 0. The van der Waals surface area contributed by atoms with Crippen molar-refractivity contribution >= 4 is 10.0 Å². The van der Waals surface area contributed by atoms with Crippen molar-refractivity contribution in [1.82, 2.24) is 4.31 Å². The topological polar surface area (TPSA) is 65.1 Å². The Labute approximate surface area is 132 Å². The second-order valence-electron chi connectivity index (χ2n) is 5.55. The fourth-order valence-corrected chi connectivity index (χ4v) is 4.43. The molecule has 22 heavy (non-hydrogen) atoms. The van der Waals surface area contributed by atoms with Crippen LogP contribution in [0.3, 0.4) is 0 Å². The van der Waals surface area contributed by atoms with E-state index in [1.54, 1.807) is 6.07 Å². The van der Waals surface area contributed by atoms with Crippen LogP contribution in [0.5, 0.6) is 11.5 Å². The second kappa shape index (κ2) is 6.44. The minimum Gasteiger partial charge on any atom is -0.496 e. The van der Waals surface area contributed by atoms with Crippen LogP contribution >= 0.6 is 0 Å². The largest absolute Gasteiger partial charge is 0.496 e. The summed E-state index contributed by atoms with van der Waals surface area (Å²) in [4.78, 5) is 0.124. The van der Waals surface area contributed by atoms with E-state index in [2.05, 4.69) is 0 Å². The number of morpholine rings is 1. The number of aryl methyl sites for hydroxylation is 1. The van der Waals surface area contributed by atoms with Crippen molar-refractivity contribution in [2.24, 2.45) is 0 Å². The molecule has 0 aromatic heterocycles. The van der Waals surface area contributed by atoms with Crippen LogP contribution in [-0.2, 0) is 14.8 Å². The molecule has 0 amide bonds. The van der Waals surface area contributed by atoms with E-state index in [4.69, 9.17) is 14.2 Å². The van der Waals surface area contributed by atoms with E-state index in [0.717, 1.165) is 5.56 Å². The molecule has 0 bridgehead atoms. The average Bonchev–Trinajstić information content (AvgIpc) is 2.45. The molecule has 124 valence electrons. The summed E-state index contributed by atoms with van der Waals surface area (Å²) in [5.74, 6) is 0.846. The molecule has 0 unspecified atom stereocenters. The lowest BCUT2D eigenvalue weighted by Crippen LogP contribution is -2.48. The molecule has 0 spiro atoms. The molecule has 1 heterocycles. The lowest BCUT2D eigenvalue weighted by molar-refractivity contribution is -0.0441. The zero-order valence-corrected chi connectivity index (χ0v) is 14.4. The average molecular weight is 329 g/mol. The second-order valence-corrected chi connectivity index (χ2v) is 7.46. The van der Waals surface area contributed by atoms with Crippen LogP contribution in [0.2, 0.25) is 0 Å². The van der Waals surface area contributed by atoms with Gasteiger partial charge in [0.25, 0.3) is 0 Å². The smallest absolute Gasteiger partial charge is 0.247 e. The Hall–Kier alpha value is -1.31. The summed E-state index contributed by atoms with van der Waals surface area (Å²) in [6, 6.07) is 3.20. The highest BCUT2D eigenvalue weighted by molar-refractivity contribution is 7.89. The van der Waals surface area contributed by atoms with Gasteiger partial charge in [-0.1, -0.05) is 0 Å². The highest BCUT2D eigenvalue weighted by atomic mass is 32.2. The van der Waals surface area contributed by atoms with Crippen LogP contribution in [-0.4, -0.2) is 52.2 Å². The first-order valence-electron chi connectivity index (χ1n) is 7.17. The molecule has 1 fully saturated rings. The normalized spacial score (nSPS) is 23.3. The third-order valence-corrected chi connectivity index (χ3v) is 5.54. The maximum atomic E-state index is 13.0. The van der Waals surface area contributed by atoms with Crippen LogP contribution in [0.15, 0.2) is 17.0 Å². The number of sulfonamides is 1. The van der Waals surface area contributed by atoms with Crippen LogP contribution in [0.1, 0.15) is 19.4 Å². The Bertz CT molecular complexity index is 634. The molecule has 7 heteroatoms. The number of rotatable bonds is 4. The summed E-state index contributed by atoms with van der Waals surface area (Å²) in [6.07, 6.45) is -0.284. The maximum absolute atomic E-state index is 13.0. The van der Waals surface area contributed by atoms with E-state index in [-0.39, 0.29) is 17.1 Å². The first kappa shape index (κ1) is 17.1. The van der Waals surface area contributed by atoms with Crippen molar-refractivity contribution in [1.29, 1.82) is 0 Å². The zero-order valence-electron chi connectivity index (χ0n) is 13.6. The van der Waals surface area contributed by atoms with Gasteiger partial charge >= 0.3 is 0 Å². The van der Waals surface area contributed by atoms with Gasteiger partial charge in [0, 0.05) is 19.2 Å². The Morgan fingerprint density at radius 1 is 1.09 bits per heavy atom. The van der Waals surface area contributed by atoms with E-state index >= 15 is 0 Å². The van der Waals surface area contributed by atoms with Gasteiger partial charge in [-0.05, 0) is 32.4 Å². The molecular weight excluding hydrogens is 306 g/mol. The van der Waals surface area contributed by atoms with Crippen molar-refractivity contribution in [3.8, 4) is 11.5 Å². The maximum Gasteiger partial charge on any atom is 0.247 e. The van der Waals surface area contributed by atoms with E-state index in [9.17, 15) is 8.42 Å². The molecule has 1 aliphatic rings. The molecule has 0 N–H and O–H groups in total. The third kappa shape index (κ3) is 3.21. The number of nitrogens with zero attached hydrogens (tertiary/aromatic N) is 1. The lowest BCUT2D eigenvalue weighted by atomic mass is 10.2. The summed E-state index contributed by atoms with van der Waals surface area (Å²) in [6.45, 7) is 6.23. The molecule has 1 saturated heterocycles. The highest BCUT2D eigenvalue weighted by Gasteiger charge is 2.34. The molecule has 0 radical (unpaired) electrons. The Morgan fingerprint density at radius 3 is 2.14 bits per heavy atom. The van der Waals surface area contributed by atoms with E-state index < -0.39 is 10.0 Å². The minimum absolute atomic E-state index is 0.124. The van der Waals surface area contributed by atoms with Gasteiger partial charge in [-0.3, -0.25) is 0 Å². The van der Waals surface area contributed by atoms with E-state index in [1.165, 1.54) is 24.6 Å². The first-order chi connectivity index (χ1) is 10.3. The molecular formula is C15H23NO5S. The predicted octanol–water partition coefficient (Wildman–Crippen LogP) is 1.81. The van der Waals surface area contributed by atoms with Crippen molar-refractivity contribution in [3.63, 3.8) is 0 Å². The molecule has 0 saturated carbocycles. The molecule has 6 nitrogen and oxygen atoms in total. The molecule has 1 aliphatic heterocycles. The molecule has 2 rings (SSSR count). The summed E-state index contributed by atoms with van der Waals surface area (Å²) in [5.41, 5.74) is 0.821. The summed E-state index contributed by atoms with van der Waals surface area (Å²) < 4.78 is 43.5. The number of ether oxygens (including phenoxy) is 3. The van der Waals surface area contributed by atoms with Gasteiger partial charge in [0.15, 0.2) is 0 Å². The lowest BCUT2D eigenvalue weighted by Gasteiger charge is -2.34. The van der Waals surface area contributed by atoms with Crippen LogP contribution in [0, 0.1) is 6.92 Å². The molecule has 2 atom stereocenters. The van der Waals surface area contributed by atoms with Crippen molar-refractivity contribution < 1.29 is 22.6 Å². The Kier molecular flexibility index (Phi) is 4.99. The Balaban J connectivity index is 2.48. The fourth-order valence-electron chi connectivity index (χ4n) is 2.69. The van der Waals surface area contributed by atoms with Gasteiger partial charge in [0.1, 0.15) is 16.4 Å². The first-order valence-corrected chi connectivity index (χ1v) is 8.61. The van der Waals surface area contributed by atoms with Gasteiger partial charge in [-0.2, -0.15) is 4.31 Å². The zero-order chi connectivity index (χ0) is 16.5. The number of hydrogen-bond acceptors (Lipinski definition) is 5. The molecule has 1 aromatic carbocycles. The standard InChI is InChI=1S/C15H23NO5S/c1-10-6-14(20-5)15(7-13(10)19-4)22(17,18)16-8-11(2)21-12(3)9-16/h6-7,11-12H,8-9H2,1-5H3/t11-,12-/m0/s1. The monoisotopic (exact) mass is 329 g/mol. The van der Waals surface area contributed by atoms with Crippen molar-refractivity contribution in [2.75, 3.05) is 27.3 Å². The molecule has 1 aromatic rings. The number of methoxy groups -OCH3 is 2. The van der Waals surface area contributed by atoms with Crippen LogP contribution in [0.4, 0.5) is 0 Å². The highest BCUT2D eigenvalue weighted by Crippen LogP contribution is 2.34. The predicted molar refractivity (Wildman–Crippen MR) is 83.1 cm³/mol. The quantitative estimate of drug-likeness (QED) is 0.843. The van der Waals surface area contributed by atoms with Gasteiger partial charge < -0.3 is 14.2 Å². The fraction of sp³-hybridized carbons (Fsp3) is 0.600. The van der Waals surface area contributed by atoms with Gasteiger partial charge in [-0.15, -0.1) is 0 Å². The Morgan fingerprint density at radius 2 is 1.64 bits per heavy atom. The third-order valence-electron chi connectivity index (χ3n) is 3.69. The summed E-state index contributed by atoms with van der Waals surface area (Å²) >= 11 is 0. The van der Waals surface area contributed by atoms with Gasteiger partial charge in [-0.25, -0.2) is 8.42 Å².